The molecule has 0 atom stereocenters. The number of benzene rings is 1. The highest BCUT2D eigenvalue weighted by atomic mass is 16.2. The van der Waals surface area contributed by atoms with Gasteiger partial charge in [-0.1, -0.05) is 0 Å². The maximum absolute atomic E-state index is 12.6. The van der Waals surface area contributed by atoms with Gasteiger partial charge in [0.05, 0.1) is 12.0 Å². The molecule has 0 aliphatic carbocycles. The largest absolute Gasteiger partial charge is 0.326 e. The Morgan fingerprint density at radius 3 is 2.71 bits per heavy atom. The molecular weight excluding hydrogens is 356 g/mol. The van der Waals surface area contributed by atoms with Gasteiger partial charge in [-0.25, -0.2) is 9.67 Å². The van der Waals surface area contributed by atoms with Crippen molar-refractivity contribution >= 4 is 23.3 Å². The third-order valence-corrected chi connectivity index (χ3v) is 4.73. The van der Waals surface area contributed by atoms with E-state index in [1.54, 1.807) is 17.4 Å². The number of carbonyl (C=O) groups is 2. The molecule has 4 rings (SSSR count). The first-order valence-electron chi connectivity index (χ1n) is 9.33. The van der Waals surface area contributed by atoms with E-state index in [4.69, 9.17) is 0 Å². The summed E-state index contributed by atoms with van der Waals surface area (Å²) in [6.45, 7) is 3.41. The van der Waals surface area contributed by atoms with Crippen LogP contribution in [0.25, 0.3) is 5.69 Å². The van der Waals surface area contributed by atoms with Gasteiger partial charge >= 0.3 is 0 Å². The molecule has 144 valence electrons. The second-order valence-corrected chi connectivity index (χ2v) is 6.83. The lowest BCUT2D eigenvalue weighted by atomic mass is 10.2. The molecule has 0 bridgehead atoms. The molecule has 3 aromatic rings. The molecule has 1 N–H and O–H groups in total. The summed E-state index contributed by atoms with van der Waals surface area (Å²) in [6.07, 6.45) is 6.47. The Balaban J connectivity index is 1.32. The second kappa shape index (κ2) is 7.67. The fraction of sp³-hybridized carbons (Fsp3) is 0.300. The topological polar surface area (TPSA) is 85.0 Å². The van der Waals surface area contributed by atoms with E-state index < -0.39 is 0 Å². The van der Waals surface area contributed by atoms with E-state index in [2.05, 4.69) is 15.4 Å². The zero-order valence-electron chi connectivity index (χ0n) is 15.7. The van der Waals surface area contributed by atoms with Crippen LogP contribution < -0.4 is 10.2 Å². The van der Waals surface area contributed by atoms with Crippen LogP contribution in [0.15, 0.2) is 49.1 Å². The van der Waals surface area contributed by atoms with E-state index in [1.165, 1.54) is 0 Å². The van der Waals surface area contributed by atoms with E-state index >= 15 is 0 Å². The van der Waals surface area contributed by atoms with Crippen LogP contribution in [0.3, 0.4) is 0 Å². The Labute approximate surface area is 162 Å². The van der Waals surface area contributed by atoms with Gasteiger partial charge < -0.3 is 9.88 Å². The number of anilines is 2. The van der Waals surface area contributed by atoms with E-state index in [-0.39, 0.29) is 24.7 Å². The van der Waals surface area contributed by atoms with Crippen molar-refractivity contribution in [3.8, 4) is 5.69 Å². The van der Waals surface area contributed by atoms with Crippen LogP contribution in [0.1, 0.15) is 25.0 Å². The van der Waals surface area contributed by atoms with Crippen LogP contribution in [-0.2, 0) is 16.1 Å². The first-order chi connectivity index (χ1) is 13.6. The smallest absolute Gasteiger partial charge is 0.228 e. The molecule has 2 amide bonds. The summed E-state index contributed by atoms with van der Waals surface area (Å²) >= 11 is 0. The van der Waals surface area contributed by atoms with Gasteiger partial charge in [0, 0.05) is 55.8 Å². The van der Waals surface area contributed by atoms with Crippen molar-refractivity contribution in [1.29, 1.82) is 0 Å². The quantitative estimate of drug-likeness (QED) is 0.739. The Kier molecular flexibility index (Phi) is 4.92. The number of rotatable bonds is 5. The zero-order valence-corrected chi connectivity index (χ0v) is 15.7. The fourth-order valence-corrected chi connectivity index (χ4v) is 3.37. The SMILES string of the molecule is Cc1cc2n(n1)CCCN2C(=O)CCC(=O)Nc1ccc(-n2ccnc2)cc1. The predicted octanol–water partition coefficient (Wildman–Crippen LogP) is 2.53. The Hall–Kier alpha value is -3.42. The number of fused-ring (bicyclic) bond motifs is 1. The third-order valence-electron chi connectivity index (χ3n) is 4.73. The molecule has 0 saturated heterocycles. The van der Waals surface area contributed by atoms with E-state index in [0.717, 1.165) is 30.2 Å². The number of carbonyl (C=O) groups excluding carboxylic acids is 2. The van der Waals surface area contributed by atoms with Crippen LogP contribution in [-0.4, -0.2) is 37.7 Å². The second-order valence-electron chi connectivity index (χ2n) is 6.83. The summed E-state index contributed by atoms with van der Waals surface area (Å²) < 4.78 is 3.74. The minimum absolute atomic E-state index is 0.0496. The van der Waals surface area contributed by atoms with Crippen LogP contribution in [0, 0.1) is 6.92 Å². The van der Waals surface area contributed by atoms with Gasteiger partial charge in [-0.05, 0) is 37.6 Å². The number of imidazole rings is 1. The van der Waals surface area contributed by atoms with Gasteiger partial charge in [-0.3, -0.25) is 14.5 Å². The number of aryl methyl sites for hydroxylation is 2. The number of nitrogens with zero attached hydrogens (tertiary/aromatic N) is 5. The molecule has 2 aromatic heterocycles. The predicted molar refractivity (Wildman–Crippen MR) is 105 cm³/mol. The fourth-order valence-electron chi connectivity index (χ4n) is 3.37. The molecule has 8 nitrogen and oxygen atoms in total. The van der Waals surface area contributed by atoms with Crippen molar-refractivity contribution in [3.05, 3.63) is 54.7 Å². The molecule has 0 spiro atoms. The number of hydrogen-bond acceptors (Lipinski definition) is 4. The number of aromatic nitrogens is 4. The number of nitrogens with one attached hydrogen (secondary N) is 1. The highest BCUT2D eigenvalue weighted by molar-refractivity contribution is 5.97. The monoisotopic (exact) mass is 378 g/mol. The van der Waals surface area contributed by atoms with Crippen LogP contribution in [0.2, 0.25) is 0 Å². The summed E-state index contributed by atoms with van der Waals surface area (Å²) in [5, 5.41) is 7.24. The molecule has 28 heavy (non-hydrogen) atoms. The maximum Gasteiger partial charge on any atom is 0.228 e. The molecular formula is C20H22N6O2. The van der Waals surface area contributed by atoms with Gasteiger partial charge in [-0.15, -0.1) is 0 Å². The molecule has 1 aromatic carbocycles. The van der Waals surface area contributed by atoms with Crippen molar-refractivity contribution in [2.24, 2.45) is 0 Å². The van der Waals surface area contributed by atoms with Gasteiger partial charge in [0.15, 0.2) is 0 Å². The minimum atomic E-state index is -0.176. The van der Waals surface area contributed by atoms with Gasteiger partial charge in [-0.2, -0.15) is 5.10 Å². The lowest BCUT2D eigenvalue weighted by Gasteiger charge is -2.27. The summed E-state index contributed by atoms with van der Waals surface area (Å²) in [4.78, 5) is 30.6. The maximum atomic E-state index is 12.6. The first-order valence-corrected chi connectivity index (χ1v) is 9.33. The van der Waals surface area contributed by atoms with E-state index in [1.807, 2.05) is 52.7 Å². The molecule has 0 saturated carbocycles. The number of amides is 2. The summed E-state index contributed by atoms with van der Waals surface area (Å²) in [7, 11) is 0. The van der Waals surface area contributed by atoms with Crippen molar-refractivity contribution < 1.29 is 9.59 Å². The Morgan fingerprint density at radius 2 is 1.96 bits per heavy atom. The highest BCUT2D eigenvalue weighted by Gasteiger charge is 2.24. The van der Waals surface area contributed by atoms with Gasteiger partial charge in [0.2, 0.25) is 11.8 Å². The molecule has 8 heteroatoms. The average Bonchev–Trinajstić information content (AvgIpc) is 3.35. The van der Waals surface area contributed by atoms with Crippen molar-refractivity contribution in [3.63, 3.8) is 0 Å². The van der Waals surface area contributed by atoms with Crippen LogP contribution in [0.4, 0.5) is 11.5 Å². The van der Waals surface area contributed by atoms with Crippen molar-refractivity contribution in [2.75, 3.05) is 16.8 Å². The van der Waals surface area contributed by atoms with Gasteiger partial charge in [0.1, 0.15) is 5.82 Å². The molecule has 0 radical (unpaired) electrons. The minimum Gasteiger partial charge on any atom is -0.326 e. The molecule has 1 aliphatic heterocycles. The summed E-state index contributed by atoms with van der Waals surface area (Å²) in [5.74, 6) is 0.598. The first kappa shape index (κ1) is 18.0. The average molecular weight is 378 g/mol. The molecule has 0 fully saturated rings. The van der Waals surface area contributed by atoms with E-state index in [0.29, 0.717) is 12.2 Å². The Morgan fingerprint density at radius 1 is 1.14 bits per heavy atom. The Bertz CT molecular complexity index is 975. The molecule has 0 unspecified atom stereocenters. The highest BCUT2D eigenvalue weighted by Crippen LogP contribution is 2.22. The zero-order chi connectivity index (χ0) is 19.5. The summed E-state index contributed by atoms with van der Waals surface area (Å²) in [5.41, 5.74) is 2.56. The van der Waals surface area contributed by atoms with Crippen LogP contribution in [0.5, 0.6) is 0 Å². The van der Waals surface area contributed by atoms with Crippen molar-refractivity contribution in [1.82, 2.24) is 19.3 Å². The normalized spacial score (nSPS) is 13.2. The van der Waals surface area contributed by atoms with Crippen LogP contribution >= 0.6 is 0 Å². The lowest BCUT2D eigenvalue weighted by molar-refractivity contribution is -0.122. The third kappa shape index (κ3) is 3.80. The molecule has 1 aliphatic rings. The lowest BCUT2D eigenvalue weighted by Crippen LogP contribution is -2.37. The molecule has 3 heterocycles. The summed E-state index contributed by atoms with van der Waals surface area (Å²) in [6, 6.07) is 9.39. The van der Waals surface area contributed by atoms with Gasteiger partial charge in [0.25, 0.3) is 0 Å². The standard InChI is InChI=1S/C20H22N6O2/c1-15-13-19-25(10-2-11-26(19)23-15)20(28)8-7-18(27)22-16-3-5-17(6-4-16)24-12-9-21-14-24/h3-6,9,12-14H,2,7-8,10-11H2,1H3,(H,22,27). The number of hydrogen-bond donors (Lipinski definition) is 1. The van der Waals surface area contributed by atoms with Crippen molar-refractivity contribution in [2.45, 2.75) is 32.7 Å². The van der Waals surface area contributed by atoms with E-state index in [9.17, 15) is 9.59 Å².